The van der Waals surface area contributed by atoms with E-state index in [-0.39, 0.29) is 0 Å². The molecule has 3 heterocycles. The molecule has 86 valence electrons. The highest BCUT2D eigenvalue weighted by Crippen LogP contribution is 2.42. The van der Waals surface area contributed by atoms with Crippen molar-refractivity contribution >= 4 is 32.3 Å². The van der Waals surface area contributed by atoms with Gasteiger partial charge in [0.25, 0.3) is 0 Å². The number of methoxy groups -OCH3 is 1. The van der Waals surface area contributed by atoms with Crippen LogP contribution in [0.3, 0.4) is 0 Å². The molecular weight excluding hydrogens is 240 g/mol. The SMILES string of the molecule is COc1nsc2scc(C3CCNCC3)c12. The molecule has 5 heteroatoms. The summed E-state index contributed by atoms with van der Waals surface area (Å²) in [6.45, 7) is 2.25. The molecule has 2 aromatic heterocycles. The van der Waals surface area contributed by atoms with Crippen LogP contribution >= 0.6 is 22.9 Å². The van der Waals surface area contributed by atoms with E-state index in [0.717, 1.165) is 19.0 Å². The van der Waals surface area contributed by atoms with Gasteiger partial charge in [0.1, 0.15) is 4.01 Å². The number of hydrogen-bond donors (Lipinski definition) is 1. The molecule has 16 heavy (non-hydrogen) atoms. The van der Waals surface area contributed by atoms with Gasteiger partial charge in [-0.25, -0.2) is 0 Å². The molecule has 3 nitrogen and oxygen atoms in total. The smallest absolute Gasteiger partial charge is 0.234 e. The highest BCUT2D eigenvalue weighted by atomic mass is 32.2. The lowest BCUT2D eigenvalue weighted by Crippen LogP contribution is -2.26. The van der Waals surface area contributed by atoms with E-state index in [1.165, 1.54) is 27.8 Å². The van der Waals surface area contributed by atoms with Crippen LogP contribution in [0, 0.1) is 0 Å². The lowest BCUT2D eigenvalue weighted by atomic mass is 9.91. The fourth-order valence-corrected chi connectivity index (χ4v) is 4.26. The van der Waals surface area contributed by atoms with Crippen molar-refractivity contribution in [2.75, 3.05) is 20.2 Å². The Bertz CT molecular complexity index is 485. The number of nitrogens with one attached hydrogen (secondary N) is 1. The lowest BCUT2D eigenvalue weighted by molar-refractivity contribution is 0.406. The minimum atomic E-state index is 0.681. The normalized spacial score (nSPS) is 18.1. The summed E-state index contributed by atoms with van der Waals surface area (Å²) in [7, 11) is 1.71. The van der Waals surface area contributed by atoms with Crippen molar-refractivity contribution in [1.29, 1.82) is 0 Å². The zero-order valence-corrected chi connectivity index (χ0v) is 10.8. The van der Waals surface area contributed by atoms with Gasteiger partial charge in [-0.2, -0.15) is 4.37 Å². The molecule has 1 aliphatic heterocycles. The Morgan fingerprint density at radius 3 is 3.00 bits per heavy atom. The number of ether oxygens (including phenoxy) is 1. The lowest BCUT2D eigenvalue weighted by Gasteiger charge is -2.22. The average molecular weight is 254 g/mol. The molecule has 0 atom stereocenters. The summed E-state index contributed by atoms with van der Waals surface area (Å²) in [5.41, 5.74) is 1.45. The number of fused-ring (bicyclic) bond motifs is 1. The second-order valence-electron chi connectivity index (χ2n) is 4.07. The number of thiophene rings is 1. The van der Waals surface area contributed by atoms with Crippen LogP contribution in [-0.2, 0) is 0 Å². The van der Waals surface area contributed by atoms with E-state index >= 15 is 0 Å². The third-order valence-electron chi connectivity index (χ3n) is 3.18. The maximum atomic E-state index is 5.35. The summed E-state index contributed by atoms with van der Waals surface area (Å²) >= 11 is 3.35. The molecular formula is C11H14N2OS2. The van der Waals surface area contributed by atoms with Gasteiger partial charge in [0.2, 0.25) is 5.88 Å². The molecule has 0 bridgehead atoms. The zero-order valence-electron chi connectivity index (χ0n) is 9.16. The first-order chi connectivity index (χ1) is 7.90. The Balaban J connectivity index is 2.04. The zero-order chi connectivity index (χ0) is 11.0. The Kier molecular flexibility index (Phi) is 2.83. The first-order valence-corrected chi connectivity index (χ1v) is 7.17. The van der Waals surface area contributed by atoms with Gasteiger partial charge in [-0.15, -0.1) is 11.3 Å². The minimum Gasteiger partial charge on any atom is -0.480 e. The van der Waals surface area contributed by atoms with E-state index in [0.29, 0.717) is 5.92 Å². The first-order valence-electron chi connectivity index (χ1n) is 5.51. The third-order valence-corrected chi connectivity index (χ3v) is 5.11. The Labute approximate surface area is 103 Å². The van der Waals surface area contributed by atoms with Crippen LogP contribution in [0.25, 0.3) is 9.40 Å². The largest absolute Gasteiger partial charge is 0.480 e. The fraction of sp³-hybridized carbons (Fsp3) is 0.545. The van der Waals surface area contributed by atoms with Crippen LogP contribution in [-0.4, -0.2) is 24.6 Å². The van der Waals surface area contributed by atoms with E-state index in [2.05, 4.69) is 15.1 Å². The van der Waals surface area contributed by atoms with Gasteiger partial charge in [0.15, 0.2) is 0 Å². The number of rotatable bonds is 2. The molecule has 1 saturated heterocycles. The second kappa shape index (κ2) is 4.31. The Morgan fingerprint density at radius 1 is 1.44 bits per heavy atom. The van der Waals surface area contributed by atoms with Crippen LogP contribution in [0.5, 0.6) is 5.88 Å². The third kappa shape index (κ3) is 1.63. The van der Waals surface area contributed by atoms with Gasteiger partial charge in [-0.3, -0.25) is 0 Å². The van der Waals surface area contributed by atoms with Crippen molar-refractivity contribution in [3.05, 3.63) is 10.9 Å². The van der Waals surface area contributed by atoms with Gasteiger partial charge < -0.3 is 10.1 Å². The summed E-state index contributed by atoms with van der Waals surface area (Å²) in [5.74, 6) is 1.50. The number of nitrogens with zero attached hydrogens (tertiary/aromatic N) is 1. The quantitative estimate of drug-likeness (QED) is 0.895. The molecule has 0 spiro atoms. The van der Waals surface area contributed by atoms with Crippen LogP contribution in [0.15, 0.2) is 5.38 Å². The van der Waals surface area contributed by atoms with Crippen molar-refractivity contribution < 1.29 is 4.74 Å². The van der Waals surface area contributed by atoms with Crippen LogP contribution in [0.2, 0.25) is 0 Å². The standard InChI is InChI=1S/C11H14N2OS2/c1-14-10-9-8(6-15-11(9)16-13-10)7-2-4-12-5-3-7/h6-7,12H,2-5H2,1H3. The molecule has 0 amide bonds. The van der Waals surface area contributed by atoms with E-state index in [4.69, 9.17) is 4.74 Å². The van der Waals surface area contributed by atoms with Gasteiger partial charge >= 0.3 is 0 Å². The molecule has 0 radical (unpaired) electrons. The topological polar surface area (TPSA) is 34.1 Å². The number of hydrogen-bond acceptors (Lipinski definition) is 5. The molecule has 3 rings (SSSR count). The van der Waals surface area contributed by atoms with Crippen LogP contribution < -0.4 is 10.1 Å². The van der Waals surface area contributed by atoms with E-state index in [1.54, 1.807) is 30.0 Å². The molecule has 0 saturated carbocycles. The number of piperidine rings is 1. The van der Waals surface area contributed by atoms with Gasteiger partial charge in [0.05, 0.1) is 12.5 Å². The second-order valence-corrected chi connectivity index (χ2v) is 5.98. The maximum absolute atomic E-state index is 5.35. The maximum Gasteiger partial charge on any atom is 0.234 e. The van der Waals surface area contributed by atoms with E-state index < -0.39 is 0 Å². The monoisotopic (exact) mass is 254 g/mol. The molecule has 0 aromatic carbocycles. The van der Waals surface area contributed by atoms with Crippen molar-refractivity contribution in [1.82, 2.24) is 9.69 Å². The summed E-state index contributed by atoms with van der Waals surface area (Å²) in [5, 5.41) is 6.97. The van der Waals surface area contributed by atoms with Crippen molar-refractivity contribution in [3.63, 3.8) is 0 Å². The molecule has 1 N–H and O–H groups in total. The van der Waals surface area contributed by atoms with E-state index in [9.17, 15) is 0 Å². The van der Waals surface area contributed by atoms with Crippen LogP contribution in [0.4, 0.5) is 0 Å². The van der Waals surface area contributed by atoms with Gasteiger partial charge in [-0.1, -0.05) is 0 Å². The minimum absolute atomic E-state index is 0.681. The molecule has 2 aromatic rings. The highest BCUT2D eigenvalue weighted by Gasteiger charge is 2.22. The van der Waals surface area contributed by atoms with Crippen molar-refractivity contribution in [3.8, 4) is 5.88 Å². The van der Waals surface area contributed by atoms with Crippen LogP contribution in [0.1, 0.15) is 24.3 Å². The summed E-state index contributed by atoms with van der Waals surface area (Å²) in [4.78, 5) is 0. The summed E-state index contributed by atoms with van der Waals surface area (Å²) in [6, 6.07) is 0. The first kappa shape index (κ1) is 10.5. The van der Waals surface area contributed by atoms with Crippen molar-refractivity contribution in [2.45, 2.75) is 18.8 Å². The fourth-order valence-electron chi connectivity index (χ4n) is 2.33. The highest BCUT2D eigenvalue weighted by molar-refractivity contribution is 7.35. The molecule has 0 unspecified atom stereocenters. The Morgan fingerprint density at radius 2 is 2.25 bits per heavy atom. The number of aromatic nitrogens is 1. The molecule has 1 aliphatic rings. The average Bonchev–Trinajstić information content (AvgIpc) is 2.90. The Hall–Kier alpha value is -0.650. The summed E-state index contributed by atoms with van der Waals surface area (Å²) in [6.07, 6.45) is 2.45. The van der Waals surface area contributed by atoms with Gasteiger partial charge in [-0.05, 0) is 54.3 Å². The predicted octanol–water partition coefficient (Wildman–Crippen LogP) is 2.83. The molecule has 1 fully saturated rings. The molecule has 0 aliphatic carbocycles. The van der Waals surface area contributed by atoms with Gasteiger partial charge in [0, 0.05) is 0 Å². The predicted molar refractivity (Wildman–Crippen MR) is 68.9 cm³/mol. The van der Waals surface area contributed by atoms with Crippen molar-refractivity contribution in [2.24, 2.45) is 0 Å². The summed E-state index contributed by atoms with van der Waals surface area (Å²) < 4.78 is 11.0. The van der Waals surface area contributed by atoms with E-state index in [1.807, 2.05) is 0 Å².